The van der Waals surface area contributed by atoms with Crippen LogP contribution >= 0.6 is 11.3 Å². The molecule has 0 saturated heterocycles. The van der Waals surface area contributed by atoms with Crippen molar-refractivity contribution in [2.45, 2.75) is 26.7 Å². The van der Waals surface area contributed by atoms with Crippen molar-refractivity contribution in [1.82, 2.24) is 0 Å². The van der Waals surface area contributed by atoms with Gasteiger partial charge in [0.2, 0.25) is 5.91 Å². The van der Waals surface area contributed by atoms with Gasteiger partial charge in [-0.1, -0.05) is 0 Å². The van der Waals surface area contributed by atoms with E-state index >= 15 is 0 Å². The van der Waals surface area contributed by atoms with Crippen LogP contribution in [0.15, 0.2) is 6.07 Å². The maximum Gasteiger partial charge on any atom is 0.341 e. The highest BCUT2D eigenvalue weighted by atomic mass is 32.1. The van der Waals surface area contributed by atoms with Crippen LogP contribution in [0.4, 0.5) is 5.00 Å². The first-order chi connectivity index (χ1) is 8.58. The number of aryl methyl sites for hydroxylation is 1. The Bertz CT molecular complexity index is 485. The summed E-state index contributed by atoms with van der Waals surface area (Å²) in [5.74, 6) is 1.78. The van der Waals surface area contributed by atoms with E-state index in [4.69, 9.17) is 11.2 Å². The standard InChI is InChI=1S/C13H15NO3S/c1-4-6-7-11(15)14-12-10(8-9(3)18-12)13(16)17-5-2/h1,8H,5-7H2,2-3H3,(H,14,15). The topological polar surface area (TPSA) is 55.4 Å². The third-order valence-corrected chi connectivity index (χ3v) is 3.07. The fraction of sp³-hybridized carbons (Fsp3) is 0.385. The molecule has 0 bridgehead atoms. The molecule has 1 aromatic heterocycles. The Balaban J connectivity index is 2.79. The van der Waals surface area contributed by atoms with Crippen molar-refractivity contribution in [2.24, 2.45) is 0 Å². The SMILES string of the molecule is C#CCCC(=O)Nc1sc(C)cc1C(=O)OCC. The number of hydrogen-bond donors (Lipinski definition) is 1. The number of terminal acetylenes is 1. The van der Waals surface area contributed by atoms with Gasteiger partial charge in [0.05, 0.1) is 12.2 Å². The summed E-state index contributed by atoms with van der Waals surface area (Å²) in [6.45, 7) is 3.91. The number of thiophene rings is 1. The third-order valence-electron chi connectivity index (χ3n) is 2.10. The maximum atomic E-state index is 11.7. The average Bonchev–Trinajstić information content (AvgIpc) is 2.68. The van der Waals surface area contributed by atoms with Gasteiger partial charge in [0, 0.05) is 17.7 Å². The minimum absolute atomic E-state index is 0.194. The lowest BCUT2D eigenvalue weighted by Crippen LogP contribution is -2.13. The van der Waals surface area contributed by atoms with Crippen LogP contribution in [0, 0.1) is 19.3 Å². The van der Waals surface area contributed by atoms with E-state index in [0.717, 1.165) is 4.88 Å². The number of carbonyl (C=O) groups is 2. The molecule has 5 heteroatoms. The van der Waals surface area contributed by atoms with Crippen molar-refractivity contribution in [3.63, 3.8) is 0 Å². The van der Waals surface area contributed by atoms with Gasteiger partial charge in [-0.25, -0.2) is 4.79 Å². The van der Waals surface area contributed by atoms with Crippen molar-refractivity contribution in [3.05, 3.63) is 16.5 Å². The Hall–Kier alpha value is -1.80. The molecule has 0 radical (unpaired) electrons. The van der Waals surface area contributed by atoms with Gasteiger partial charge in [0.25, 0.3) is 0 Å². The molecule has 0 saturated carbocycles. The van der Waals surface area contributed by atoms with Gasteiger partial charge in [-0.3, -0.25) is 4.79 Å². The van der Waals surface area contributed by atoms with Crippen LogP contribution in [0.3, 0.4) is 0 Å². The fourth-order valence-corrected chi connectivity index (χ4v) is 2.26. The first-order valence-electron chi connectivity index (χ1n) is 5.59. The largest absolute Gasteiger partial charge is 0.462 e. The van der Waals surface area contributed by atoms with E-state index in [1.54, 1.807) is 13.0 Å². The summed E-state index contributed by atoms with van der Waals surface area (Å²) in [4.78, 5) is 24.2. The van der Waals surface area contributed by atoms with Gasteiger partial charge in [-0.2, -0.15) is 0 Å². The minimum atomic E-state index is -0.422. The van der Waals surface area contributed by atoms with Crippen LogP contribution in [0.1, 0.15) is 35.0 Å². The van der Waals surface area contributed by atoms with Gasteiger partial charge < -0.3 is 10.1 Å². The van der Waals surface area contributed by atoms with Gasteiger partial charge >= 0.3 is 5.97 Å². The zero-order chi connectivity index (χ0) is 13.5. The van der Waals surface area contributed by atoms with E-state index in [-0.39, 0.29) is 12.3 Å². The van der Waals surface area contributed by atoms with Crippen LogP contribution in [0.5, 0.6) is 0 Å². The molecule has 4 nitrogen and oxygen atoms in total. The molecule has 0 atom stereocenters. The quantitative estimate of drug-likeness (QED) is 0.657. The summed E-state index contributed by atoms with van der Waals surface area (Å²) in [6.07, 6.45) is 5.72. The van der Waals surface area contributed by atoms with Crippen LogP contribution < -0.4 is 5.32 Å². The molecule has 1 heterocycles. The van der Waals surface area contributed by atoms with E-state index in [1.807, 2.05) is 6.92 Å². The van der Waals surface area contributed by atoms with E-state index in [1.165, 1.54) is 11.3 Å². The zero-order valence-electron chi connectivity index (χ0n) is 10.4. The molecule has 18 heavy (non-hydrogen) atoms. The van der Waals surface area contributed by atoms with Crippen molar-refractivity contribution in [1.29, 1.82) is 0 Å². The van der Waals surface area contributed by atoms with Crippen molar-refractivity contribution >= 4 is 28.2 Å². The molecule has 0 aromatic carbocycles. The molecule has 1 N–H and O–H groups in total. The number of anilines is 1. The summed E-state index contributed by atoms with van der Waals surface area (Å²) in [7, 11) is 0. The molecule has 1 amide bonds. The molecular weight excluding hydrogens is 250 g/mol. The number of ether oxygens (including phenoxy) is 1. The Morgan fingerprint density at radius 3 is 2.89 bits per heavy atom. The molecule has 0 aliphatic heterocycles. The number of hydrogen-bond acceptors (Lipinski definition) is 4. The highest BCUT2D eigenvalue weighted by Gasteiger charge is 2.17. The number of amides is 1. The number of rotatable bonds is 5. The highest BCUT2D eigenvalue weighted by molar-refractivity contribution is 7.16. The molecule has 1 aromatic rings. The fourth-order valence-electron chi connectivity index (χ4n) is 1.34. The Morgan fingerprint density at radius 2 is 2.28 bits per heavy atom. The summed E-state index contributed by atoms with van der Waals surface area (Å²) in [5.41, 5.74) is 0.397. The predicted octanol–water partition coefficient (Wildman–Crippen LogP) is 2.59. The lowest BCUT2D eigenvalue weighted by molar-refractivity contribution is -0.116. The van der Waals surface area contributed by atoms with Gasteiger partial charge in [0.15, 0.2) is 0 Å². The Kier molecular flexibility index (Phi) is 5.40. The van der Waals surface area contributed by atoms with E-state index in [9.17, 15) is 9.59 Å². The second-order valence-corrected chi connectivity index (χ2v) is 4.83. The molecule has 0 spiro atoms. The molecule has 0 fully saturated rings. The molecule has 96 valence electrons. The van der Waals surface area contributed by atoms with Crippen molar-refractivity contribution in [3.8, 4) is 12.3 Å². The molecule has 1 rings (SSSR count). The van der Waals surface area contributed by atoms with Crippen molar-refractivity contribution < 1.29 is 14.3 Å². The second kappa shape index (κ2) is 6.82. The van der Waals surface area contributed by atoms with Gasteiger partial charge in [-0.05, 0) is 19.9 Å². The average molecular weight is 265 g/mol. The first kappa shape index (κ1) is 14.3. The predicted molar refractivity (Wildman–Crippen MR) is 71.7 cm³/mol. The molecule has 0 aliphatic rings. The Labute approximate surface area is 110 Å². The van der Waals surface area contributed by atoms with Gasteiger partial charge in [0.1, 0.15) is 5.00 Å². The van der Waals surface area contributed by atoms with E-state index < -0.39 is 5.97 Å². The molecule has 0 aliphatic carbocycles. The van der Waals surface area contributed by atoms with Crippen LogP contribution in [-0.4, -0.2) is 18.5 Å². The summed E-state index contributed by atoms with van der Waals surface area (Å²) in [6, 6.07) is 1.71. The third kappa shape index (κ3) is 3.90. The van der Waals surface area contributed by atoms with Crippen LogP contribution in [-0.2, 0) is 9.53 Å². The monoisotopic (exact) mass is 265 g/mol. The van der Waals surface area contributed by atoms with E-state index in [2.05, 4.69) is 11.2 Å². The minimum Gasteiger partial charge on any atom is -0.462 e. The number of esters is 1. The van der Waals surface area contributed by atoms with Crippen LogP contribution in [0.25, 0.3) is 0 Å². The molecular formula is C13H15NO3S. The zero-order valence-corrected chi connectivity index (χ0v) is 11.2. The maximum absolute atomic E-state index is 11.7. The highest BCUT2D eigenvalue weighted by Crippen LogP contribution is 2.28. The second-order valence-electron chi connectivity index (χ2n) is 3.57. The number of carbonyl (C=O) groups excluding carboxylic acids is 2. The molecule has 0 unspecified atom stereocenters. The summed E-state index contributed by atoms with van der Waals surface area (Å²) in [5, 5.41) is 3.21. The van der Waals surface area contributed by atoms with Crippen molar-refractivity contribution in [2.75, 3.05) is 11.9 Å². The van der Waals surface area contributed by atoms with Gasteiger partial charge in [-0.15, -0.1) is 23.7 Å². The first-order valence-corrected chi connectivity index (χ1v) is 6.41. The lowest BCUT2D eigenvalue weighted by Gasteiger charge is -2.04. The Morgan fingerprint density at radius 1 is 1.56 bits per heavy atom. The summed E-state index contributed by atoms with van der Waals surface area (Å²) >= 11 is 1.35. The van der Waals surface area contributed by atoms with Crippen LogP contribution in [0.2, 0.25) is 0 Å². The lowest BCUT2D eigenvalue weighted by atomic mass is 10.2. The van der Waals surface area contributed by atoms with E-state index in [0.29, 0.717) is 23.6 Å². The number of nitrogens with one attached hydrogen (secondary N) is 1. The normalized spacial score (nSPS) is 9.61. The smallest absolute Gasteiger partial charge is 0.341 e. The summed E-state index contributed by atoms with van der Waals surface area (Å²) < 4.78 is 4.93.